The first-order valence-corrected chi connectivity index (χ1v) is 8.42. The standard InChI is InChI=1S/C20H24N2O4/c1-5-10-21-19(23)14-6-8-16(9-7-14)22-20(24)15-11-17(25-3)13(2)18(12-15)26-4/h6-9,11-12H,5,10H2,1-4H3,(H,21,23)(H,22,24). The van der Waals surface area contributed by atoms with Crippen LogP contribution in [0.4, 0.5) is 5.69 Å². The van der Waals surface area contributed by atoms with Crippen molar-refractivity contribution in [1.29, 1.82) is 0 Å². The molecular formula is C20H24N2O4. The maximum atomic E-state index is 12.5. The van der Waals surface area contributed by atoms with E-state index in [0.29, 0.717) is 34.9 Å². The lowest BCUT2D eigenvalue weighted by molar-refractivity contribution is 0.0953. The number of ether oxygens (including phenoxy) is 2. The quantitative estimate of drug-likeness (QED) is 0.797. The van der Waals surface area contributed by atoms with E-state index >= 15 is 0 Å². The molecule has 0 atom stereocenters. The summed E-state index contributed by atoms with van der Waals surface area (Å²) >= 11 is 0. The highest BCUT2D eigenvalue weighted by atomic mass is 16.5. The fourth-order valence-corrected chi connectivity index (χ4v) is 2.47. The van der Waals surface area contributed by atoms with Gasteiger partial charge in [0.1, 0.15) is 11.5 Å². The number of anilines is 1. The highest BCUT2D eigenvalue weighted by Gasteiger charge is 2.14. The fraction of sp³-hybridized carbons (Fsp3) is 0.300. The van der Waals surface area contributed by atoms with Crippen LogP contribution in [0.5, 0.6) is 11.5 Å². The van der Waals surface area contributed by atoms with Crippen molar-refractivity contribution in [3.63, 3.8) is 0 Å². The van der Waals surface area contributed by atoms with Crippen LogP contribution in [-0.4, -0.2) is 32.6 Å². The van der Waals surface area contributed by atoms with Crippen molar-refractivity contribution < 1.29 is 19.1 Å². The summed E-state index contributed by atoms with van der Waals surface area (Å²) in [6.45, 7) is 4.49. The van der Waals surface area contributed by atoms with E-state index in [2.05, 4.69) is 10.6 Å². The van der Waals surface area contributed by atoms with Crippen LogP contribution < -0.4 is 20.1 Å². The molecule has 0 unspecified atom stereocenters. The Labute approximate surface area is 153 Å². The van der Waals surface area contributed by atoms with Gasteiger partial charge in [-0.3, -0.25) is 9.59 Å². The van der Waals surface area contributed by atoms with Gasteiger partial charge in [-0.15, -0.1) is 0 Å². The number of hydrogen-bond donors (Lipinski definition) is 2. The Balaban J connectivity index is 2.13. The molecule has 2 N–H and O–H groups in total. The molecule has 0 saturated heterocycles. The monoisotopic (exact) mass is 356 g/mol. The first-order valence-electron chi connectivity index (χ1n) is 8.42. The minimum Gasteiger partial charge on any atom is -0.496 e. The van der Waals surface area contributed by atoms with E-state index in [1.54, 1.807) is 50.6 Å². The van der Waals surface area contributed by atoms with Crippen molar-refractivity contribution in [2.75, 3.05) is 26.1 Å². The molecule has 0 aliphatic rings. The van der Waals surface area contributed by atoms with Crippen LogP contribution in [0.25, 0.3) is 0 Å². The summed E-state index contributed by atoms with van der Waals surface area (Å²) in [5, 5.41) is 5.62. The second kappa shape index (κ2) is 8.89. The Morgan fingerprint density at radius 3 is 2.00 bits per heavy atom. The number of benzene rings is 2. The van der Waals surface area contributed by atoms with E-state index in [1.807, 2.05) is 13.8 Å². The van der Waals surface area contributed by atoms with E-state index in [-0.39, 0.29) is 11.8 Å². The smallest absolute Gasteiger partial charge is 0.255 e. The van der Waals surface area contributed by atoms with Crippen LogP contribution in [0.2, 0.25) is 0 Å². The molecule has 6 nitrogen and oxygen atoms in total. The number of carbonyl (C=O) groups is 2. The van der Waals surface area contributed by atoms with Gasteiger partial charge in [0.25, 0.3) is 11.8 Å². The first kappa shape index (κ1) is 19.3. The molecular weight excluding hydrogens is 332 g/mol. The average Bonchev–Trinajstić information content (AvgIpc) is 2.66. The third-order valence-corrected chi connectivity index (χ3v) is 3.95. The number of hydrogen-bond acceptors (Lipinski definition) is 4. The number of nitrogens with one attached hydrogen (secondary N) is 2. The van der Waals surface area contributed by atoms with Gasteiger partial charge < -0.3 is 20.1 Å². The van der Waals surface area contributed by atoms with E-state index < -0.39 is 0 Å². The second-order valence-electron chi connectivity index (χ2n) is 5.79. The van der Waals surface area contributed by atoms with Gasteiger partial charge in [-0.25, -0.2) is 0 Å². The first-order chi connectivity index (χ1) is 12.5. The van der Waals surface area contributed by atoms with Crippen LogP contribution in [0.3, 0.4) is 0 Å². The van der Waals surface area contributed by atoms with Gasteiger partial charge in [-0.05, 0) is 49.7 Å². The highest BCUT2D eigenvalue weighted by Crippen LogP contribution is 2.29. The lowest BCUT2D eigenvalue weighted by Crippen LogP contribution is -2.23. The van der Waals surface area contributed by atoms with E-state index in [4.69, 9.17) is 9.47 Å². The molecule has 2 rings (SSSR count). The Kier molecular flexibility index (Phi) is 6.60. The van der Waals surface area contributed by atoms with Gasteiger partial charge in [0.15, 0.2) is 0 Å². The summed E-state index contributed by atoms with van der Waals surface area (Å²) in [6, 6.07) is 10.1. The maximum absolute atomic E-state index is 12.5. The Morgan fingerprint density at radius 2 is 1.50 bits per heavy atom. The third-order valence-electron chi connectivity index (χ3n) is 3.95. The van der Waals surface area contributed by atoms with Crippen LogP contribution in [-0.2, 0) is 0 Å². The zero-order valence-corrected chi connectivity index (χ0v) is 15.5. The predicted molar refractivity (Wildman–Crippen MR) is 101 cm³/mol. The van der Waals surface area contributed by atoms with Crippen LogP contribution >= 0.6 is 0 Å². The van der Waals surface area contributed by atoms with Gasteiger partial charge in [0.05, 0.1) is 14.2 Å². The zero-order valence-electron chi connectivity index (χ0n) is 15.5. The van der Waals surface area contributed by atoms with Crippen molar-refractivity contribution in [1.82, 2.24) is 5.32 Å². The van der Waals surface area contributed by atoms with Crippen molar-refractivity contribution in [2.24, 2.45) is 0 Å². The fourth-order valence-electron chi connectivity index (χ4n) is 2.47. The number of carbonyl (C=O) groups excluding carboxylic acids is 2. The van der Waals surface area contributed by atoms with Crippen molar-refractivity contribution in [3.05, 3.63) is 53.1 Å². The summed E-state index contributed by atoms with van der Waals surface area (Å²) in [7, 11) is 3.09. The summed E-state index contributed by atoms with van der Waals surface area (Å²) < 4.78 is 10.6. The number of methoxy groups -OCH3 is 2. The summed E-state index contributed by atoms with van der Waals surface area (Å²) in [4.78, 5) is 24.4. The Morgan fingerprint density at radius 1 is 0.923 bits per heavy atom. The van der Waals surface area contributed by atoms with Gasteiger partial charge in [-0.1, -0.05) is 6.92 Å². The normalized spacial score (nSPS) is 10.2. The zero-order chi connectivity index (χ0) is 19.1. The molecule has 0 fully saturated rings. The molecule has 6 heteroatoms. The molecule has 2 amide bonds. The molecule has 138 valence electrons. The van der Waals surface area contributed by atoms with Crippen molar-refractivity contribution >= 4 is 17.5 Å². The van der Waals surface area contributed by atoms with Crippen molar-refractivity contribution in [2.45, 2.75) is 20.3 Å². The molecule has 0 bridgehead atoms. The summed E-state index contributed by atoms with van der Waals surface area (Å²) in [5.74, 6) is 0.748. The molecule has 0 aliphatic heterocycles. The van der Waals surface area contributed by atoms with Gasteiger partial charge in [0, 0.05) is 28.9 Å². The molecule has 2 aromatic carbocycles. The lowest BCUT2D eigenvalue weighted by Gasteiger charge is -2.13. The number of amides is 2. The highest BCUT2D eigenvalue weighted by molar-refractivity contribution is 6.05. The minimum atomic E-state index is -0.287. The molecule has 0 radical (unpaired) electrons. The third kappa shape index (κ3) is 4.53. The molecule has 0 aliphatic carbocycles. The molecule has 26 heavy (non-hydrogen) atoms. The maximum Gasteiger partial charge on any atom is 0.255 e. The summed E-state index contributed by atoms with van der Waals surface area (Å²) in [6.07, 6.45) is 0.878. The molecule has 2 aromatic rings. The SMILES string of the molecule is CCCNC(=O)c1ccc(NC(=O)c2cc(OC)c(C)c(OC)c2)cc1. The Bertz CT molecular complexity index is 760. The van der Waals surface area contributed by atoms with Gasteiger partial charge in [-0.2, -0.15) is 0 Å². The van der Waals surface area contributed by atoms with Gasteiger partial charge in [0.2, 0.25) is 0 Å². The van der Waals surface area contributed by atoms with E-state index in [9.17, 15) is 9.59 Å². The lowest BCUT2D eigenvalue weighted by atomic mass is 10.1. The minimum absolute atomic E-state index is 0.127. The van der Waals surface area contributed by atoms with Crippen molar-refractivity contribution in [3.8, 4) is 11.5 Å². The topological polar surface area (TPSA) is 76.7 Å². The van der Waals surface area contributed by atoms with Crippen LogP contribution in [0.15, 0.2) is 36.4 Å². The largest absolute Gasteiger partial charge is 0.496 e. The Hall–Kier alpha value is -3.02. The molecule has 0 aromatic heterocycles. The predicted octanol–water partition coefficient (Wildman–Crippen LogP) is 3.40. The van der Waals surface area contributed by atoms with Crippen LogP contribution in [0, 0.1) is 6.92 Å². The number of rotatable bonds is 7. The van der Waals surface area contributed by atoms with E-state index in [0.717, 1.165) is 12.0 Å². The summed E-state index contributed by atoms with van der Waals surface area (Å²) in [5.41, 5.74) is 2.40. The molecule has 0 spiro atoms. The van der Waals surface area contributed by atoms with Crippen LogP contribution in [0.1, 0.15) is 39.6 Å². The second-order valence-corrected chi connectivity index (χ2v) is 5.79. The molecule has 0 saturated carbocycles. The van der Waals surface area contributed by atoms with Gasteiger partial charge >= 0.3 is 0 Å². The van der Waals surface area contributed by atoms with E-state index in [1.165, 1.54) is 0 Å². The molecule has 0 heterocycles. The average molecular weight is 356 g/mol.